The second-order valence-corrected chi connectivity index (χ2v) is 3.83. The fourth-order valence-corrected chi connectivity index (χ4v) is 1.44. The third kappa shape index (κ3) is 5.48. The number of carbonyl (C=O) groups is 1. The van der Waals surface area contributed by atoms with E-state index in [2.05, 4.69) is 10.6 Å². The average molecular weight is 268 g/mol. The molecule has 0 aliphatic rings. The predicted molar refractivity (Wildman–Crippen MR) is 71.7 cm³/mol. The van der Waals surface area contributed by atoms with E-state index in [9.17, 15) is 4.79 Å². The van der Waals surface area contributed by atoms with Crippen molar-refractivity contribution in [1.29, 1.82) is 0 Å². The van der Waals surface area contributed by atoms with Crippen molar-refractivity contribution in [3.05, 3.63) is 23.8 Å². The maximum atomic E-state index is 11.4. The van der Waals surface area contributed by atoms with Crippen molar-refractivity contribution in [3.63, 3.8) is 0 Å². The smallest absolute Gasteiger partial charge is 0.407 e. The van der Waals surface area contributed by atoms with Crippen LogP contribution < -0.4 is 20.1 Å². The Hall–Kier alpha value is -1.95. The maximum absolute atomic E-state index is 11.4. The van der Waals surface area contributed by atoms with Gasteiger partial charge in [-0.25, -0.2) is 4.79 Å². The summed E-state index contributed by atoms with van der Waals surface area (Å²) >= 11 is 0. The van der Waals surface area contributed by atoms with Gasteiger partial charge in [0.15, 0.2) is 0 Å². The van der Waals surface area contributed by atoms with E-state index in [0.29, 0.717) is 24.6 Å². The quantitative estimate of drug-likeness (QED) is 0.726. The summed E-state index contributed by atoms with van der Waals surface area (Å²) in [5.41, 5.74) is 0.806. The van der Waals surface area contributed by atoms with Gasteiger partial charge in [-0.05, 0) is 24.7 Å². The lowest BCUT2D eigenvalue weighted by Gasteiger charge is -2.10. The SMILES string of the molecule is CNCCNC(=O)OCc1cc(OC)cc(OC)c1. The Bertz CT molecular complexity index is 387. The zero-order chi connectivity index (χ0) is 14.1. The number of benzene rings is 1. The Morgan fingerprint density at radius 2 is 1.74 bits per heavy atom. The molecule has 0 fully saturated rings. The lowest BCUT2D eigenvalue weighted by Crippen LogP contribution is -2.30. The number of hydrogen-bond donors (Lipinski definition) is 2. The first kappa shape index (κ1) is 15.1. The van der Waals surface area contributed by atoms with Gasteiger partial charge in [-0.2, -0.15) is 0 Å². The van der Waals surface area contributed by atoms with Gasteiger partial charge in [0.2, 0.25) is 0 Å². The van der Waals surface area contributed by atoms with Crippen molar-refractivity contribution < 1.29 is 19.0 Å². The van der Waals surface area contributed by atoms with Crippen molar-refractivity contribution in [2.24, 2.45) is 0 Å². The number of ether oxygens (including phenoxy) is 3. The second-order valence-electron chi connectivity index (χ2n) is 3.83. The van der Waals surface area contributed by atoms with E-state index in [4.69, 9.17) is 14.2 Å². The minimum atomic E-state index is -0.447. The van der Waals surface area contributed by atoms with Crippen LogP contribution in [0.5, 0.6) is 11.5 Å². The summed E-state index contributed by atoms with van der Waals surface area (Å²) in [5.74, 6) is 1.32. The van der Waals surface area contributed by atoms with Gasteiger partial charge in [-0.3, -0.25) is 0 Å². The molecule has 1 rings (SSSR count). The predicted octanol–water partition coefficient (Wildman–Crippen LogP) is 1.15. The zero-order valence-corrected chi connectivity index (χ0v) is 11.5. The molecular formula is C13H20N2O4. The summed E-state index contributed by atoms with van der Waals surface area (Å²) in [4.78, 5) is 11.4. The van der Waals surface area contributed by atoms with Crippen LogP contribution in [-0.4, -0.2) is 40.5 Å². The highest BCUT2D eigenvalue weighted by atomic mass is 16.5. The van der Waals surface area contributed by atoms with Crippen molar-refractivity contribution in [2.75, 3.05) is 34.4 Å². The third-order valence-corrected chi connectivity index (χ3v) is 2.43. The monoisotopic (exact) mass is 268 g/mol. The molecule has 0 saturated carbocycles. The first-order chi connectivity index (χ1) is 9.19. The number of rotatable bonds is 7. The summed E-state index contributed by atoms with van der Waals surface area (Å²) in [7, 11) is 4.96. The van der Waals surface area contributed by atoms with Gasteiger partial charge in [0.05, 0.1) is 14.2 Å². The molecule has 0 saturated heterocycles. The van der Waals surface area contributed by atoms with E-state index in [-0.39, 0.29) is 6.61 Å². The normalized spacial score (nSPS) is 9.84. The van der Waals surface area contributed by atoms with Crippen LogP contribution in [0.4, 0.5) is 4.79 Å². The maximum Gasteiger partial charge on any atom is 0.407 e. The van der Waals surface area contributed by atoms with Crippen LogP contribution in [-0.2, 0) is 11.3 Å². The van der Waals surface area contributed by atoms with Crippen LogP contribution in [0, 0.1) is 0 Å². The molecule has 0 aromatic heterocycles. The molecule has 0 bridgehead atoms. The van der Waals surface area contributed by atoms with Crippen LogP contribution in [0.1, 0.15) is 5.56 Å². The Kier molecular flexibility index (Phi) is 6.52. The summed E-state index contributed by atoms with van der Waals surface area (Å²) in [6.45, 7) is 1.39. The standard InChI is InChI=1S/C13H20N2O4/c1-14-4-5-15-13(16)19-9-10-6-11(17-2)8-12(7-10)18-3/h6-8,14H,4-5,9H2,1-3H3,(H,15,16). The molecule has 1 aromatic carbocycles. The van der Waals surface area contributed by atoms with E-state index < -0.39 is 6.09 Å². The van der Waals surface area contributed by atoms with Crippen molar-refractivity contribution in [1.82, 2.24) is 10.6 Å². The molecule has 0 heterocycles. The molecule has 6 heteroatoms. The molecule has 6 nitrogen and oxygen atoms in total. The summed E-state index contributed by atoms with van der Waals surface area (Å²) in [6, 6.07) is 5.35. The van der Waals surface area contributed by atoms with Crippen LogP contribution in [0.15, 0.2) is 18.2 Å². The Labute approximate surface area is 113 Å². The zero-order valence-electron chi connectivity index (χ0n) is 11.5. The minimum Gasteiger partial charge on any atom is -0.497 e. The van der Waals surface area contributed by atoms with Crippen LogP contribution in [0.3, 0.4) is 0 Å². The first-order valence-electron chi connectivity index (χ1n) is 5.96. The summed E-state index contributed by atoms with van der Waals surface area (Å²) < 4.78 is 15.4. The van der Waals surface area contributed by atoms with Gasteiger partial charge < -0.3 is 24.8 Å². The Morgan fingerprint density at radius 1 is 1.11 bits per heavy atom. The van der Waals surface area contributed by atoms with Crippen LogP contribution in [0.25, 0.3) is 0 Å². The van der Waals surface area contributed by atoms with Gasteiger partial charge in [-0.15, -0.1) is 0 Å². The lowest BCUT2D eigenvalue weighted by atomic mass is 10.2. The number of amides is 1. The molecule has 0 aliphatic heterocycles. The third-order valence-electron chi connectivity index (χ3n) is 2.43. The molecule has 1 aromatic rings. The van der Waals surface area contributed by atoms with E-state index in [0.717, 1.165) is 5.56 Å². The molecule has 2 N–H and O–H groups in total. The van der Waals surface area contributed by atoms with Crippen molar-refractivity contribution >= 4 is 6.09 Å². The topological polar surface area (TPSA) is 68.8 Å². The molecule has 1 amide bonds. The highest BCUT2D eigenvalue weighted by Crippen LogP contribution is 2.22. The molecule has 0 atom stereocenters. The Morgan fingerprint density at radius 3 is 2.26 bits per heavy atom. The molecule has 0 unspecified atom stereocenters. The molecule has 0 radical (unpaired) electrons. The largest absolute Gasteiger partial charge is 0.497 e. The number of alkyl carbamates (subject to hydrolysis) is 1. The minimum absolute atomic E-state index is 0.166. The highest BCUT2D eigenvalue weighted by Gasteiger charge is 2.05. The number of methoxy groups -OCH3 is 2. The second kappa shape index (κ2) is 8.20. The molecular weight excluding hydrogens is 248 g/mol. The highest BCUT2D eigenvalue weighted by molar-refractivity contribution is 5.67. The van der Waals surface area contributed by atoms with Crippen LogP contribution >= 0.6 is 0 Å². The van der Waals surface area contributed by atoms with Gasteiger partial charge in [0, 0.05) is 19.2 Å². The molecule has 106 valence electrons. The lowest BCUT2D eigenvalue weighted by molar-refractivity contribution is 0.139. The molecule has 0 aliphatic carbocycles. The number of carbonyl (C=O) groups excluding carboxylic acids is 1. The van der Waals surface area contributed by atoms with Gasteiger partial charge in [-0.1, -0.05) is 0 Å². The van der Waals surface area contributed by atoms with E-state index in [1.54, 1.807) is 32.4 Å². The first-order valence-corrected chi connectivity index (χ1v) is 5.96. The molecule has 19 heavy (non-hydrogen) atoms. The number of likely N-dealkylation sites (N-methyl/N-ethyl adjacent to an activating group) is 1. The Balaban J connectivity index is 2.50. The van der Waals surface area contributed by atoms with E-state index in [1.807, 2.05) is 7.05 Å². The van der Waals surface area contributed by atoms with Gasteiger partial charge in [0.25, 0.3) is 0 Å². The average Bonchev–Trinajstić information content (AvgIpc) is 2.45. The van der Waals surface area contributed by atoms with Gasteiger partial charge >= 0.3 is 6.09 Å². The van der Waals surface area contributed by atoms with Crippen molar-refractivity contribution in [2.45, 2.75) is 6.61 Å². The number of nitrogens with one attached hydrogen (secondary N) is 2. The molecule has 0 spiro atoms. The fourth-order valence-electron chi connectivity index (χ4n) is 1.44. The van der Waals surface area contributed by atoms with E-state index in [1.165, 1.54) is 0 Å². The van der Waals surface area contributed by atoms with Gasteiger partial charge in [0.1, 0.15) is 18.1 Å². The fraction of sp³-hybridized carbons (Fsp3) is 0.462. The van der Waals surface area contributed by atoms with Crippen LogP contribution in [0.2, 0.25) is 0 Å². The summed E-state index contributed by atoms with van der Waals surface area (Å²) in [5, 5.41) is 5.55. The van der Waals surface area contributed by atoms with Crippen molar-refractivity contribution in [3.8, 4) is 11.5 Å². The number of hydrogen-bond acceptors (Lipinski definition) is 5. The summed E-state index contributed by atoms with van der Waals surface area (Å²) in [6.07, 6.45) is -0.447. The van der Waals surface area contributed by atoms with E-state index >= 15 is 0 Å².